The smallest absolute Gasteiger partial charge is 0.405 e. The van der Waals surface area contributed by atoms with Crippen LogP contribution < -0.4 is 5.32 Å². The van der Waals surface area contributed by atoms with E-state index in [2.05, 4.69) is 17.2 Å². The second-order valence-electron chi connectivity index (χ2n) is 3.18. The molecule has 0 saturated carbocycles. The van der Waals surface area contributed by atoms with E-state index in [0.717, 1.165) is 5.56 Å². The van der Waals surface area contributed by atoms with Crippen molar-refractivity contribution in [3.8, 4) is 0 Å². The summed E-state index contributed by atoms with van der Waals surface area (Å²) < 4.78 is 0. The van der Waals surface area contributed by atoms with Crippen molar-refractivity contribution in [2.75, 3.05) is 0 Å². The SMILES string of the molecule is [CH2]C(C)C(NC(=O)O)c1ccncc1. The summed E-state index contributed by atoms with van der Waals surface area (Å²) in [7, 11) is 0. The van der Waals surface area contributed by atoms with Crippen LogP contribution in [-0.4, -0.2) is 16.2 Å². The van der Waals surface area contributed by atoms with E-state index < -0.39 is 6.09 Å². The monoisotopic (exact) mass is 193 g/mol. The lowest BCUT2D eigenvalue weighted by molar-refractivity contribution is 0.187. The third-order valence-corrected chi connectivity index (χ3v) is 1.91. The molecule has 2 N–H and O–H groups in total. The topological polar surface area (TPSA) is 62.2 Å². The summed E-state index contributed by atoms with van der Waals surface area (Å²) in [6.07, 6.45) is 2.23. The van der Waals surface area contributed by atoms with Crippen molar-refractivity contribution in [3.63, 3.8) is 0 Å². The second kappa shape index (κ2) is 4.60. The van der Waals surface area contributed by atoms with Gasteiger partial charge in [-0.15, -0.1) is 0 Å². The molecule has 1 rings (SSSR count). The quantitative estimate of drug-likeness (QED) is 0.770. The third-order valence-electron chi connectivity index (χ3n) is 1.91. The zero-order chi connectivity index (χ0) is 10.6. The van der Waals surface area contributed by atoms with Crippen LogP contribution in [0.5, 0.6) is 0 Å². The molecule has 0 saturated heterocycles. The fourth-order valence-corrected chi connectivity index (χ4v) is 1.26. The fraction of sp³-hybridized carbons (Fsp3) is 0.300. The third kappa shape index (κ3) is 2.73. The number of hydrogen-bond donors (Lipinski definition) is 2. The molecule has 0 spiro atoms. The van der Waals surface area contributed by atoms with Gasteiger partial charge in [0.2, 0.25) is 0 Å². The maximum absolute atomic E-state index is 10.5. The molecule has 1 radical (unpaired) electrons. The van der Waals surface area contributed by atoms with Crippen LogP contribution in [0.15, 0.2) is 24.5 Å². The van der Waals surface area contributed by atoms with Crippen LogP contribution in [0.4, 0.5) is 4.79 Å². The van der Waals surface area contributed by atoms with Crippen LogP contribution >= 0.6 is 0 Å². The molecule has 75 valence electrons. The Labute approximate surface area is 83.0 Å². The Morgan fingerprint density at radius 2 is 2.14 bits per heavy atom. The van der Waals surface area contributed by atoms with Crippen molar-refractivity contribution in [1.82, 2.24) is 10.3 Å². The first-order chi connectivity index (χ1) is 6.61. The van der Waals surface area contributed by atoms with Gasteiger partial charge in [0.05, 0.1) is 6.04 Å². The van der Waals surface area contributed by atoms with Gasteiger partial charge >= 0.3 is 6.09 Å². The Balaban J connectivity index is 2.83. The molecule has 0 bridgehead atoms. The largest absolute Gasteiger partial charge is 0.465 e. The van der Waals surface area contributed by atoms with Crippen molar-refractivity contribution in [3.05, 3.63) is 37.0 Å². The summed E-state index contributed by atoms with van der Waals surface area (Å²) in [6, 6.07) is 3.28. The summed E-state index contributed by atoms with van der Waals surface area (Å²) in [5.41, 5.74) is 0.880. The molecule has 1 aromatic heterocycles. The molecule has 4 nitrogen and oxygen atoms in total. The number of hydrogen-bond acceptors (Lipinski definition) is 2. The fourth-order valence-electron chi connectivity index (χ4n) is 1.26. The van der Waals surface area contributed by atoms with Crippen molar-refractivity contribution in [2.45, 2.75) is 13.0 Å². The molecule has 14 heavy (non-hydrogen) atoms. The molecular weight excluding hydrogens is 180 g/mol. The summed E-state index contributed by atoms with van der Waals surface area (Å²) in [5.74, 6) is -0.0338. The van der Waals surface area contributed by atoms with Crippen molar-refractivity contribution in [1.29, 1.82) is 0 Å². The zero-order valence-corrected chi connectivity index (χ0v) is 7.97. The first kappa shape index (κ1) is 10.5. The highest BCUT2D eigenvalue weighted by Crippen LogP contribution is 2.20. The Bertz CT molecular complexity index is 298. The average Bonchev–Trinajstić information content (AvgIpc) is 2.15. The first-order valence-electron chi connectivity index (χ1n) is 4.33. The van der Waals surface area contributed by atoms with Crippen LogP contribution in [0.2, 0.25) is 0 Å². The molecule has 0 aromatic carbocycles. The van der Waals surface area contributed by atoms with E-state index in [1.807, 2.05) is 6.92 Å². The molecular formula is C10H13N2O2. The molecule has 0 aliphatic carbocycles. The molecule has 1 amide bonds. The molecule has 2 unspecified atom stereocenters. The highest BCUT2D eigenvalue weighted by Gasteiger charge is 2.17. The van der Waals surface area contributed by atoms with Gasteiger partial charge in [0.15, 0.2) is 0 Å². The molecule has 0 aliphatic heterocycles. The lowest BCUT2D eigenvalue weighted by Gasteiger charge is -2.20. The van der Waals surface area contributed by atoms with Gasteiger partial charge < -0.3 is 10.4 Å². The summed E-state index contributed by atoms with van der Waals surface area (Å²) in [6.45, 7) is 5.68. The highest BCUT2D eigenvalue weighted by molar-refractivity contribution is 5.65. The van der Waals surface area contributed by atoms with Crippen molar-refractivity contribution in [2.24, 2.45) is 5.92 Å². The van der Waals surface area contributed by atoms with E-state index in [0.29, 0.717) is 0 Å². The van der Waals surface area contributed by atoms with Crippen LogP contribution in [0.3, 0.4) is 0 Å². The van der Waals surface area contributed by atoms with Gasteiger partial charge in [-0.2, -0.15) is 0 Å². The number of amides is 1. The molecule has 0 fully saturated rings. The minimum atomic E-state index is -1.04. The standard InChI is InChI=1S/C10H13N2O2/c1-7(2)9(12-10(13)14)8-3-5-11-6-4-8/h3-7,9,12H,1H2,2H3,(H,13,14). The summed E-state index contributed by atoms with van der Waals surface area (Å²) >= 11 is 0. The normalized spacial score (nSPS) is 12.5. The predicted molar refractivity (Wildman–Crippen MR) is 52.7 cm³/mol. The maximum atomic E-state index is 10.5. The van der Waals surface area contributed by atoms with Gasteiger partial charge in [0, 0.05) is 12.4 Å². The molecule has 0 aliphatic rings. The number of nitrogens with one attached hydrogen (secondary N) is 1. The van der Waals surface area contributed by atoms with E-state index in [1.54, 1.807) is 24.5 Å². The van der Waals surface area contributed by atoms with Gasteiger partial charge in [-0.1, -0.05) is 6.92 Å². The highest BCUT2D eigenvalue weighted by atomic mass is 16.4. The lowest BCUT2D eigenvalue weighted by Crippen LogP contribution is -2.30. The number of rotatable bonds is 3. The van der Waals surface area contributed by atoms with Gasteiger partial charge in [-0.25, -0.2) is 4.79 Å². The second-order valence-corrected chi connectivity index (χ2v) is 3.18. The Kier molecular flexibility index (Phi) is 3.45. The molecule has 1 heterocycles. The maximum Gasteiger partial charge on any atom is 0.405 e. The van der Waals surface area contributed by atoms with E-state index in [9.17, 15) is 4.79 Å². The zero-order valence-electron chi connectivity index (χ0n) is 7.97. The Morgan fingerprint density at radius 3 is 2.57 bits per heavy atom. The van der Waals surface area contributed by atoms with Crippen LogP contribution in [0.25, 0.3) is 0 Å². The number of carboxylic acid groups (broad SMARTS) is 1. The minimum Gasteiger partial charge on any atom is -0.465 e. The van der Waals surface area contributed by atoms with Crippen LogP contribution in [0, 0.1) is 12.8 Å². The summed E-state index contributed by atoms with van der Waals surface area (Å²) in [4.78, 5) is 14.4. The van der Waals surface area contributed by atoms with Crippen molar-refractivity contribution >= 4 is 6.09 Å². The predicted octanol–water partition coefficient (Wildman–Crippen LogP) is 1.86. The number of carbonyl (C=O) groups is 1. The van der Waals surface area contributed by atoms with E-state index >= 15 is 0 Å². The van der Waals surface area contributed by atoms with E-state index in [4.69, 9.17) is 5.11 Å². The van der Waals surface area contributed by atoms with Crippen LogP contribution in [0.1, 0.15) is 18.5 Å². The first-order valence-corrected chi connectivity index (χ1v) is 4.33. The summed E-state index contributed by atoms with van der Waals surface area (Å²) in [5, 5.41) is 11.1. The molecule has 4 heteroatoms. The minimum absolute atomic E-state index is 0.0338. The van der Waals surface area contributed by atoms with Gasteiger partial charge in [0.1, 0.15) is 0 Å². The van der Waals surface area contributed by atoms with E-state index in [1.165, 1.54) is 0 Å². The van der Waals surface area contributed by atoms with Crippen LogP contribution in [-0.2, 0) is 0 Å². The lowest BCUT2D eigenvalue weighted by atomic mass is 9.97. The van der Waals surface area contributed by atoms with Gasteiger partial charge in [0.25, 0.3) is 0 Å². The number of aromatic nitrogens is 1. The van der Waals surface area contributed by atoms with E-state index in [-0.39, 0.29) is 12.0 Å². The van der Waals surface area contributed by atoms with Gasteiger partial charge in [-0.3, -0.25) is 4.98 Å². The average molecular weight is 193 g/mol. The Hall–Kier alpha value is -1.58. The van der Waals surface area contributed by atoms with Crippen molar-refractivity contribution < 1.29 is 9.90 Å². The number of pyridine rings is 1. The molecule has 1 aromatic rings. The number of nitrogens with zero attached hydrogens (tertiary/aromatic N) is 1. The Morgan fingerprint density at radius 1 is 1.57 bits per heavy atom. The van der Waals surface area contributed by atoms with Gasteiger partial charge in [-0.05, 0) is 30.5 Å². The molecule has 2 atom stereocenters.